The smallest absolute Gasteiger partial charge is 0.319 e. The first kappa shape index (κ1) is 17.4. The van der Waals surface area contributed by atoms with Crippen molar-refractivity contribution in [2.45, 2.75) is 25.3 Å². The number of methoxy groups -OCH3 is 1. The Morgan fingerprint density at radius 2 is 2.00 bits per heavy atom. The zero-order valence-electron chi connectivity index (χ0n) is 14.5. The summed E-state index contributed by atoms with van der Waals surface area (Å²) in [4.78, 5) is 14.7. The molecule has 6 nitrogen and oxygen atoms in total. The van der Waals surface area contributed by atoms with E-state index in [9.17, 15) is 4.79 Å². The maximum absolute atomic E-state index is 12.3. The molecule has 25 heavy (non-hydrogen) atoms. The molecule has 0 radical (unpaired) electrons. The van der Waals surface area contributed by atoms with Gasteiger partial charge in [0, 0.05) is 6.54 Å². The Hall–Kier alpha value is -2.47. The molecule has 0 saturated carbocycles. The highest BCUT2D eigenvalue weighted by Gasteiger charge is 2.25. The van der Waals surface area contributed by atoms with Gasteiger partial charge in [0.1, 0.15) is 11.5 Å². The minimum Gasteiger partial charge on any atom is -0.495 e. The Bertz CT molecular complexity index is 666. The highest BCUT2D eigenvalue weighted by molar-refractivity contribution is 5.90. The van der Waals surface area contributed by atoms with Crippen LogP contribution in [0.15, 0.2) is 47.1 Å². The summed E-state index contributed by atoms with van der Waals surface area (Å²) in [5, 5.41) is 5.80. The highest BCUT2D eigenvalue weighted by Crippen LogP contribution is 2.25. The molecule has 2 N–H and O–H groups in total. The van der Waals surface area contributed by atoms with Crippen LogP contribution in [0.3, 0.4) is 0 Å². The Kier molecular flexibility index (Phi) is 5.95. The van der Waals surface area contributed by atoms with Crippen molar-refractivity contribution < 1.29 is 13.9 Å². The van der Waals surface area contributed by atoms with Crippen molar-refractivity contribution in [3.63, 3.8) is 0 Å². The molecule has 2 aromatic rings. The fourth-order valence-electron chi connectivity index (χ4n) is 3.22. The first-order chi connectivity index (χ1) is 12.3. The summed E-state index contributed by atoms with van der Waals surface area (Å²) in [6.45, 7) is 2.55. The number of hydrogen-bond donors (Lipinski definition) is 2. The van der Waals surface area contributed by atoms with E-state index in [4.69, 9.17) is 9.15 Å². The summed E-state index contributed by atoms with van der Waals surface area (Å²) < 4.78 is 10.9. The van der Waals surface area contributed by atoms with E-state index in [1.54, 1.807) is 13.4 Å². The van der Waals surface area contributed by atoms with E-state index >= 15 is 0 Å². The summed E-state index contributed by atoms with van der Waals surface area (Å²) in [6.07, 6.45) is 5.32. The second-order valence-corrected chi connectivity index (χ2v) is 6.16. The largest absolute Gasteiger partial charge is 0.495 e. The molecular weight excluding hydrogens is 318 g/mol. The lowest BCUT2D eigenvalue weighted by Crippen LogP contribution is -2.41. The maximum Gasteiger partial charge on any atom is 0.319 e. The molecule has 6 heteroatoms. The number of anilines is 1. The van der Waals surface area contributed by atoms with Crippen molar-refractivity contribution in [1.29, 1.82) is 0 Å². The number of piperidine rings is 1. The average Bonchev–Trinajstić information content (AvgIpc) is 3.18. The SMILES string of the molecule is COc1ccccc1NC(=O)NC[C@@H](c1ccco1)N1CCCCC1. The van der Waals surface area contributed by atoms with Crippen LogP contribution < -0.4 is 15.4 Å². The topological polar surface area (TPSA) is 66.7 Å². The summed E-state index contributed by atoms with van der Waals surface area (Å²) in [7, 11) is 1.59. The fourth-order valence-corrected chi connectivity index (χ4v) is 3.22. The number of nitrogens with zero attached hydrogens (tertiary/aromatic N) is 1. The van der Waals surface area contributed by atoms with Gasteiger partial charge in [0.2, 0.25) is 0 Å². The van der Waals surface area contributed by atoms with Crippen molar-refractivity contribution >= 4 is 11.7 Å². The molecule has 1 aliphatic rings. The van der Waals surface area contributed by atoms with Gasteiger partial charge in [-0.2, -0.15) is 0 Å². The lowest BCUT2D eigenvalue weighted by atomic mass is 10.1. The van der Waals surface area contributed by atoms with Crippen LogP contribution in [0.5, 0.6) is 5.75 Å². The number of furan rings is 1. The van der Waals surface area contributed by atoms with E-state index in [2.05, 4.69) is 15.5 Å². The molecule has 1 aromatic heterocycles. The number of carbonyl (C=O) groups excluding carboxylic acids is 1. The molecule has 3 rings (SSSR count). The van der Waals surface area contributed by atoms with Gasteiger partial charge in [-0.1, -0.05) is 18.6 Å². The number of benzene rings is 1. The van der Waals surface area contributed by atoms with Crippen LogP contribution in [0.1, 0.15) is 31.1 Å². The van der Waals surface area contributed by atoms with Gasteiger partial charge in [0.25, 0.3) is 0 Å². The number of ether oxygens (including phenoxy) is 1. The highest BCUT2D eigenvalue weighted by atomic mass is 16.5. The molecule has 1 aromatic carbocycles. The van der Waals surface area contributed by atoms with Crippen LogP contribution >= 0.6 is 0 Å². The summed E-state index contributed by atoms with van der Waals surface area (Å²) >= 11 is 0. The molecular formula is C19H25N3O3. The van der Waals surface area contributed by atoms with E-state index < -0.39 is 0 Å². The van der Waals surface area contributed by atoms with Gasteiger partial charge in [-0.25, -0.2) is 4.79 Å². The predicted octanol–water partition coefficient (Wildman–Crippen LogP) is 3.64. The molecule has 0 spiro atoms. The first-order valence-corrected chi connectivity index (χ1v) is 8.73. The third-order valence-corrected chi connectivity index (χ3v) is 4.51. The van der Waals surface area contributed by atoms with Crippen LogP contribution in [0.25, 0.3) is 0 Å². The third-order valence-electron chi connectivity index (χ3n) is 4.51. The molecule has 2 amide bonds. The van der Waals surface area contributed by atoms with Crippen molar-refractivity contribution in [3.8, 4) is 5.75 Å². The van der Waals surface area contributed by atoms with Crippen molar-refractivity contribution in [2.24, 2.45) is 0 Å². The molecule has 134 valence electrons. The van der Waals surface area contributed by atoms with E-state index in [-0.39, 0.29) is 12.1 Å². The van der Waals surface area contributed by atoms with Crippen LogP contribution in [-0.4, -0.2) is 37.7 Å². The van der Waals surface area contributed by atoms with Crippen LogP contribution in [0.2, 0.25) is 0 Å². The second kappa shape index (κ2) is 8.58. The van der Waals surface area contributed by atoms with E-state index in [1.165, 1.54) is 19.3 Å². The molecule has 1 atom stereocenters. The Morgan fingerprint density at radius 3 is 2.72 bits per heavy atom. The van der Waals surface area contributed by atoms with Crippen LogP contribution in [0, 0.1) is 0 Å². The van der Waals surface area contributed by atoms with Crippen molar-refractivity contribution in [2.75, 3.05) is 32.1 Å². The maximum atomic E-state index is 12.3. The Labute approximate surface area is 148 Å². The summed E-state index contributed by atoms with van der Waals surface area (Å²) in [5.74, 6) is 1.52. The number of urea groups is 1. The standard InChI is InChI=1S/C19H25N3O3/c1-24-17-9-4-3-8-15(17)21-19(23)20-14-16(18-10-7-13-25-18)22-11-5-2-6-12-22/h3-4,7-10,13,16H,2,5-6,11-12,14H2,1H3,(H2,20,21,23)/t16-/m0/s1. The van der Waals surface area contributed by atoms with Crippen LogP contribution in [0.4, 0.5) is 10.5 Å². The van der Waals surface area contributed by atoms with Gasteiger partial charge in [-0.15, -0.1) is 0 Å². The first-order valence-electron chi connectivity index (χ1n) is 8.73. The van der Waals surface area contributed by atoms with Crippen molar-refractivity contribution in [1.82, 2.24) is 10.2 Å². The summed E-state index contributed by atoms with van der Waals surface area (Å²) in [5.41, 5.74) is 0.648. The van der Waals surface area contributed by atoms with E-state index in [0.717, 1.165) is 18.8 Å². The van der Waals surface area contributed by atoms with E-state index in [1.807, 2.05) is 36.4 Å². The van der Waals surface area contributed by atoms with E-state index in [0.29, 0.717) is 18.0 Å². The molecule has 0 bridgehead atoms. The Balaban J connectivity index is 1.61. The van der Waals surface area contributed by atoms with Crippen molar-refractivity contribution in [3.05, 3.63) is 48.4 Å². The molecule has 1 fully saturated rings. The minimum absolute atomic E-state index is 0.0544. The molecule has 1 saturated heterocycles. The number of nitrogens with one attached hydrogen (secondary N) is 2. The second-order valence-electron chi connectivity index (χ2n) is 6.16. The number of rotatable bonds is 6. The number of likely N-dealkylation sites (tertiary alicyclic amines) is 1. The van der Waals surface area contributed by atoms with Crippen LogP contribution in [-0.2, 0) is 0 Å². The molecule has 2 heterocycles. The molecule has 0 aliphatic carbocycles. The number of carbonyl (C=O) groups is 1. The quantitative estimate of drug-likeness (QED) is 0.840. The molecule has 1 aliphatic heterocycles. The predicted molar refractivity (Wildman–Crippen MR) is 96.9 cm³/mol. The lowest BCUT2D eigenvalue weighted by molar-refractivity contribution is 0.144. The fraction of sp³-hybridized carbons (Fsp3) is 0.421. The van der Waals surface area contributed by atoms with Gasteiger partial charge >= 0.3 is 6.03 Å². The normalized spacial score (nSPS) is 16.2. The zero-order chi connectivity index (χ0) is 17.5. The Morgan fingerprint density at radius 1 is 1.20 bits per heavy atom. The summed E-state index contributed by atoms with van der Waals surface area (Å²) in [6, 6.07) is 11.0. The monoisotopic (exact) mass is 343 g/mol. The van der Waals surface area contributed by atoms with Gasteiger partial charge < -0.3 is 19.8 Å². The molecule has 0 unspecified atom stereocenters. The van der Waals surface area contributed by atoms with Gasteiger partial charge in [-0.05, 0) is 50.2 Å². The van der Waals surface area contributed by atoms with Gasteiger partial charge in [-0.3, -0.25) is 4.90 Å². The zero-order valence-corrected chi connectivity index (χ0v) is 14.5. The average molecular weight is 343 g/mol. The number of para-hydroxylation sites is 2. The minimum atomic E-state index is -0.252. The lowest BCUT2D eigenvalue weighted by Gasteiger charge is -2.33. The number of amides is 2. The number of hydrogen-bond acceptors (Lipinski definition) is 4. The van der Waals surface area contributed by atoms with Gasteiger partial charge in [0.15, 0.2) is 0 Å². The third kappa shape index (κ3) is 4.54. The van der Waals surface area contributed by atoms with Gasteiger partial charge in [0.05, 0.1) is 25.1 Å².